The fraction of sp³-hybridized carbons (Fsp3) is 0.538. The first kappa shape index (κ1) is 14.9. The lowest BCUT2D eigenvalue weighted by molar-refractivity contribution is 0.356. The lowest BCUT2D eigenvalue weighted by atomic mass is 10.1. The van der Waals surface area contributed by atoms with Crippen LogP contribution in [0.25, 0.3) is 0 Å². The normalized spacial score (nSPS) is 12.0. The van der Waals surface area contributed by atoms with Crippen molar-refractivity contribution < 1.29 is 5.11 Å². The zero-order valence-electron chi connectivity index (χ0n) is 11.1. The van der Waals surface area contributed by atoms with Crippen LogP contribution in [0, 0.1) is 12.8 Å². The standard InChI is InChI=1S/C13H20ClN3O/c1-9(2)6-7-15-12(8-18)17-13-10(3)4-5-11(14)16-13/h4-5,9,18H,6-8H2,1-3H3,(H,15,16,17). The highest BCUT2D eigenvalue weighted by molar-refractivity contribution is 6.29. The minimum atomic E-state index is -0.133. The van der Waals surface area contributed by atoms with Crippen LogP contribution < -0.4 is 5.32 Å². The van der Waals surface area contributed by atoms with Gasteiger partial charge in [0.2, 0.25) is 0 Å². The summed E-state index contributed by atoms with van der Waals surface area (Å²) < 4.78 is 0. The third-order valence-electron chi connectivity index (χ3n) is 2.48. The number of nitrogens with zero attached hydrogens (tertiary/aromatic N) is 2. The Morgan fingerprint density at radius 2 is 2.22 bits per heavy atom. The number of halogens is 1. The van der Waals surface area contributed by atoms with Crippen LogP contribution in [0.15, 0.2) is 17.1 Å². The third kappa shape index (κ3) is 5.02. The number of aryl methyl sites for hydroxylation is 1. The molecule has 0 saturated carbocycles. The molecule has 100 valence electrons. The van der Waals surface area contributed by atoms with E-state index < -0.39 is 0 Å². The number of anilines is 1. The highest BCUT2D eigenvalue weighted by atomic mass is 35.5. The summed E-state index contributed by atoms with van der Waals surface area (Å²) in [5.41, 5.74) is 0.962. The lowest BCUT2D eigenvalue weighted by Gasteiger charge is -2.10. The fourth-order valence-electron chi connectivity index (χ4n) is 1.35. The van der Waals surface area contributed by atoms with Gasteiger partial charge in [0.05, 0.1) is 0 Å². The average Bonchev–Trinajstić information content (AvgIpc) is 2.32. The smallest absolute Gasteiger partial charge is 0.136 e. The van der Waals surface area contributed by atoms with Gasteiger partial charge in [0.15, 0.2) is 0 Å². The molecule has 0 unspecified atom stereocenters. The summed E-state index contributed by atoms with van der Waals surface area (Å²) >= 11 is 5.84. The van der Waals surface area contributed by atoms with Gasteiger partial charge < -0.3 is 10.4 Å². The topological polar surface area (TPSA) is 57.5 Å². The van der Waals surface area contributed by atoms with Crippen molar-refractivity contribution in [3.63, 3.8) is 0 Å². The van der Waals surface area contributed by atoms with Crippen LogP contribution in [0.2, 0.25) is 5.15 Å². The molecule has 1 aromatic heterocycles. The first-order chi connectivity index (χ1) is 8.52. The zero-order valence-corrected chi connectivity index (χ0v) is 11.8. The number of aliphatic imine (C=N–C) groups is 1. The quantitative estimate of drug-likeness (QED) is 0.491. The van der Waals surface area contributed by atoms with Crippen molar-refractivity contribution in [1.82, 2.24) is 4.98 Å². The summed E-state index contributed by atoms with van der Waals surface area (Å²) in [5.74, 6) is 1.76. The summed E-state index contributed by atoms with van der Waals surface area (Å²) in [6.45, 7) is 6.77. The summed E-state index contributed by atoms with van der Waals surface area (Å²) in [7, 11) is 0. The first-order valence-corrected chi connectivity index (χ1v) is 6.45. The van der Waals surface area contributed by atoms with Crippen LogP contribution in [0.1, 0.15) is 25.8 Å². The molecule has 0 aliphatic heterocycles. The third-order valence-corrected chi connectivity index (χ3v) is 2.70. The second kappa shape index (κ2) is 7.34. The van der Waals surface area contributed by atoms with E-state index >= 15 is 0 Å². The van der Waals surface area contributed by atoms with Gasteiger partial charge in [-0.2, -0.15) is 0 Å². The van der Waals surface area contributed by atoms with Crippen molar-refractivity contribution in [2.24, 2.45) is 10.9 Å². The molecule has 0 saturated heterocycles. The molecule has 0 aliphatic rings. The molecule has 0 spiro atoms. The van der Waals surface area contributed by atoms with Crippen LogP contribution >= 0.6 is 11.6 Å². The Morgan fingerprint density at radius 1 is 1.50 bits per heavy atom. The number of amidine groups is 1. The summed E-state index contributed by atoms with van der Waals surface area (Å²) in [6, 6.07) is 3.61. The summed E-state index contributed by atoms with van der Waals surface area (Å²) in [5, 5.41) is 12.7. The molecule has 0 radical (unpaired) electrons. The maximum absolute atomic E-state index is 9.26. The van der Waals surface area contributed by atoms with Gasteiger partial charge in [0.1, 0.15) is 23.4 Å². The molecular formula is C13H20ClN3O. The lowest BCUT2D eigenvalue weighted by Crippen LogP contribution is -2.19. The van der Waals surface area contributed by atoms with E-state index in [2.05, 4.69) is 29.1 Å². The largest absolute Gasteiger partial charge is 0.388 e. The van der Waals surface area contributed by atoms with Crippen LogP contribution in [0.4, 0.5) is 5.82 Å². The average molecular weight is 270 g/mol. The number of aromatic nitrogens is 1. The van der Waals surface area contributed by atoms with Gasteiger partial charge in [-0.1, -0.05) is 31.5 Å². The van der Waals surface area contributed by atoms with E-state index in [9.17, 15) is 5.11 Å². The van der Waals surface area contributed by atoms with Gasteiger partial charge in [-0.25, -0.2) is 4.98 Å². The fourth-order valence-corrected chi connectivity index (χ4v) is 1.50. The second-order valence-electron chi connectivity index (χ2n) is 4.59. The SMILES string of the molecule is Cc1ccc(Cl)nc1NC(CO)=NCCC(C)C. The predicted molar refractivity (Wildman–Crippen MR) is 76.4 cm³/mol. The summed E-state index contributed by atoms with van der Waals surface area (Å²) in [6.07, 6.45) is 0.993. The molecule has 0 aromatic carbocycles. The minimum Gasteiger partial charge on any atom is -0.388 e. The van der Waals surface area contributed by atoms with E-state index in [1.54, 1.807) is 6.07 Å². The molecule has 0 aliphatic carbocycles. The maximum atomic E-state index is 9.26. The zero-order chi connectivity index (χ0) is 13.5. The molecule has 1 aromatic rings. The molecule has 1 rings (SSSR count). The van der Waals surface area contributed by atoms with Crippen LogP contribution in [0.5, 0.6) is 0 Å². The van der Waals surface area contributed by atoms with E-state index in [1.807, 2.05) is 13.0 Å². The van der Waals surface area contributed by atoms with Crippen molar-refractivity contribution >= 4 is 23.3 Å². The number of nitrogens with one attached hydrogen (secondary N) is 1. The number of rotatable bonds is 5. The van der Waals surface area contributed by atoms with Crippen molar-refractivity contribution in [3.05, 3.63) is 22.8 Å². The Kier molecular flexibility index (Phi) is 6.09. The molecule has 0 fully saturated rings. The Bertz CT molecular complexity index is 419. The Labute approximate surface area is 113 Å². The van der Waals surface area contributed by atoms with Crippen molar-refractivity contribution in [2.45, 2.75) is 27.2 Å². The van der Waals surface area contributed by atoms with Gasteiger partial charge in [0, 0.05) is 6.54 Å². The summed E-state index contributed by atoms with van der Waals surface area (Å²) in [4.78, 5) is 8.49. The van der Waals surface area contributed by atoms with E-state index in [1.165, 1.54) is 0 Å². The number of aliphatic hydroxyl groups excluding tert-OH is 1. The number of aliphatic hydroxyl groups is 1. The Balaban J connectivity index is 2.70. The predicted octanol–water partition coefficient (Wildman–Crippen LogP) is 2.89. The van der Waals surface area contributed by atoms with Gasteiger partial charge in [0.25, 0.3) is 0 Å². The van der Waals surface area contributed by atoms with Gasteiger partial charge in [-0.3, -0.25) is 4.99 Å². The molecule has 1 heterocycles. The van der Waals surface area contributed by atoms with Crippen molar-refractivity contribution in [1.29, 1.82) is 0 Å². The van der Waals surface area contributed by atoms with Crippen molar-refractivity contribution in [3.8, 4) is 0 Å². The molecule has 18 heavy (non-hydrogen) atoms. The molecule has 4 nitrogen and oxygen atoms in total. The molecule has 0 atom stereocenters. The molecule has 0 bridgehead atoms. The molecule has 0 amide bonds. The van der Waals surface area contributed by atoms with E-state index in [-0.39, 0.29) is 6.61 Å². The second-order valence-corrected chi connectivity index (χ2v) is 4.98. The molecule has 5 heteroatoms. The van der Waals surface area contributed by atoms with Gasteiger partial charge in [-0.15, -0.1) is 0 Å². The van der Waals surface area contributed by atoms with Crippen LogP contribution in [0.3, 0.4) is 0 Å². The van der Waals surface area contributed by atoms with E-state index in [4.69, 9.17) is 11.6 Å². The minimum absolute atomic E-state index is 0.133. The molecule has 2 N–H and O–H groups in total. The number of hydrogen-bond donors (Lipinski definition) is 2. The first-order valence-electron chi connectivity index (χ1n) is 6.07. The Hall–Kier alpha value is -1.13. The highest BCUT2D eigenvalue weighted by Gasteiger charge is 2.04. The van der Waals surface area contributed by atoms with Crippen LogP contribution in [-0.2, 0) is 0 Å². The highest BCUT2D eigenvalue weighted by Crippen LogP contribution is 2.15. The monoisotopic (exact) mass is 269 g/mol. The van der Waals surface area contributed by atoms with Gasteiger partial charge >= 0.3 is 0 Å². The maximum Gasteiger partial charge on any atom is 0.136 e. The van der Waals surface area contributed by atoms with Crippen LogP contribution in [-0.4, -0.2) is 29.1 Å². The van der Waals surface area contributed by atoms with E-state index in [0.29, 0.717) is 29.3 Å². The molecular weight excluding hydrogens is 250 g/mol. The number of hydrogen-bond acceptors (Lipinski definition) is 3. The Morgan fingerprint density at radius 3 is 2.83 bits per heavy atom. The number of pyridine rings is 1. The van der Waals surface area contributed by atoms with E-state index in [0.717, 1.165) is 12.0 Å². The van der Waals surface area contributed by atoms with Gasteiger partial charge in [-0.05, 0) is 30.9 Å². The van der Waals surface area contributed by atoms with Crippen molar-refractivity contribution in [2.75, 3.05) is 18.5 Å².